The van der Waals surface area contributed by atoms with Gasteiger partial charge in [-0.05, 0) is 58.9 Å². The molecule has 0 aromatic heterocycles. The van der Waals surface area contributed by atoms with Gasteiger partial charge in [0.1, 0.15) is 12.1 Å². The predicted octanol–water partition coefficient (Wildman–Crippen LogP) is 4.28. The fourth-order valence-electron chi connectivity index (χ4n) is 5.48. The average Bonchev–Trinajstić information content (AvgIpc) is 3.10. The van der Waals surface area contributed by atoms with E-state index in [1.165, 1.54) is 21.3 Å². The van der Waals surface area contributed by atoms with E-state index in [4.69, 9.17) is 14.2 Å². The van der Waals surface area contributed by atoms with Gasteiger partial charge in [-0.2, -0.15) is 0 Å². The normalized spacial score (nSPS) is 12.8. The molecular weight excluding hydrogens is 609 g/mol. The van der Waals surface area contributed by atoms with Gasteiger partial charge in [0.25, 0.3) is 0 Å². The molecule has 3 atom stereocenters. The summed E-state index contributed by atoms with van der Waals surface area (Å²) in [6.07, 6.45) is 0.405. The highest BCUT2D eigenvalue weighted by molar-refractivity contribution is 6.43. The second-order valence-corrected chi connectivity index (χ2v) is 11.8. The summed E-state index contributed by atoms with van der Waals surface area (Å²) in [5.74, 6) is -0.915. The smallest absolute Gasteiger partial charge is 0.475 e. The molecule has 2 amide bonds. The van der Waals surface area contributed by atoms with Gasteiger partial charge in [0.2, 0.25) is 17.6 Å². The molecule has 0 heterocycles. The number of anilines is 1. The van der Waals surface area contributed by atoms with Gasteiger partial charge >= 0.3 is 7.12 Å². The molecule has 4 rings (SSSR count). The van der Waals surface area contributed by atoms with Crippen molar-refractivity contribution in [3.05, 3.63) is 108 Å². The summed E-state index contributed by atoms with van der Waals surface area (Å²) in [5, 5.41) is 29.2. The van der Waals surface area contributed by atoms with Gasteiger partial charge in [0.05, 0.1) is 27.3 Å². The van der Waals surface area contributed by atoms with Crippen LogP contribution in [0.2, 0.25) is 0 Å². The Kier molecular flexibility index (Phi) is 12.9. The van der Waals surface area contributed by atoms with Crippen molar-refractivity contribution >= 4 is 24.6 Å². The monoisotopic (exact) mass is 653 g/mol. The van der Waals surface area contributed by atoms with Crippen LogP contribution in [0, 0.1) is 5.92 Å². The number of rotatable bonds is 16. The minimum absolute atomic E-state index is 0.200. The highest BCUT2D eigenvalue weighted by Gasteiger charge is 2.33. The summed E-state index contributed by atoms with van der Waals surface area (Å²) in [5.41, 5.74) is 4.26. The number of nitrogens with one attached hydrogen (secondary N) is 3. The van der Waals surface area contributed by atoms with Gasteiger partial charge < -0.3 is 40.2 Å². The number of benzene rings is 4. The van der Waals surface area contributed by atoms with Crippen LogP contribution in [0.25, 0.3) is 11.1 Å². The zero-order valence-corrected chi connectivity index (χ0v) is 28.0. The summed E-state index contributed by atoms with van der Waals surface area (Å²) in [7, 11) is 2.77. The van der Waals surface area contributed by atoms with E-state index in [9.17, 15) is 19.6 Å². The first-order valence-electron chi connectivity index (χ1n) is 15.8. The standard InChI is InChI=1S/C37H44BN3O7/c1-24(2)34(37(43)40-33(38(44)45)22-25-13-8-6-9-14-25)41-36(42)30(19-26-20-31(46-3)35(48-5)32(21-26)47-4)39-29-18-12-17-28(23-29)27-15-10-7-11-16-27/h6-18,20-21,23-24,30,33-34,39,44-45H,19,22H2,1-5H3,(H,40,43)(H,41,42)/t30-,33-,34-/m0/s1. The molecule has 0 radical (unpaired) electrons. The maximum absolute atomic E-state index is 14.1. The highest BCUT2D eigenvalue weighted by Crippen LogP contribution is 2.38. The summed E-state index contributed by atoms with van der Waals surface area (Å²) < 4.78 is 16.6. The zero-order chi connectivity index (χ0) is 34.6. The lowest BCUT2D eigenvalue weighted by Gasteiger charge is -2.28. The maximum Gasteiger partial charge on any atom is 0.475 e. The molecule has 252 valence electrons. The molecule has 10 nitrogen and oxygen atoms in total. The molecule has 4 aromatic carbocycles. The van der Waals surface area contributed by atoms with Crippen molar-refractivity contribution < 1.29 is 33.8 Å². The number of hydrogen-bond donors (Lipinski definition) is 5. The van der Waals surface area contributed by atoms with Crippen molar-refractivity contribution in [1.82, 2.24) is 10.6 Å². The quantitative estimate of drug-likeness (QED) is 0.113. The SMILES string of the molecule is COc1cc(C[C@H](Nc2cccc(-c3ccccc3)c2)C(=O)N[C@H](C(=O)N[C@@H](Cc2ccccc2)B(O)O)C(C)C)cc(OC)c1OC. The van der Waals surface area contributed by atoms with Crippen molar-refractivity contribution in [2.45, 2.75) is 44.7 Å². The Morgan fingerprint density at radius 2 is 1.29 bits per heavy atom. The van der Waals surface area contributed by atoms with E-state index in [0.717, 1.165) is 22.3 Å². The zero-order valence-electron chi connectivity index (χ0n) is 28.0. The number of hydrogen-bond acceptors (Lipinski definition) is 8. The average molecular weight is 654 g/mol. The molecular formula is C37H44BN3O7. The van der Waals surface area contributed by atoms with E-state index in [2.05, 4.69) is 16.0 Å². The fraction of sp³-hybridized carbons (Fsp3) is 0.297. The molecule has 0 fully saturated rings. The van der Waals surface area contributed by atoms with Crippen molar-refractivity contribution in [1.29, 1.82) is 0 Å². The first-order valence-corrected chi connectivity index (χ1v) is 15.8. The minimum atomic E-state index is -1.80. The Balaban J connectivity index is 1.62. The Morgan fingerprint density at radius 3 is 1.85 bits per heavy atom. The van der Waals surface area contributed by atoms with E-state index < -0.39 is 37.0 Å². The minimum Gasteiger partial charge on any atom is -0.493 e. The van der Waals surface area contributed by atoms with Crippen LogP contribution in [0.3, 0.4) is 0 Å². The van der Waals surface area contributed by atoms with E-state index >= 15 is 0 Å². The molecule has 0 saturated carbocycles. The Bertz CT molecular complexity index is 1610. The number of carbonyl (C=O) groups is 2. The molecule has 0 bridgehead atoms. The van der Waals surface area contributed by atoms with Crippen molar-refractivity contribution in [3.8, 4) is 28.4 Å². The fourth-order valence-corrected chi connectivity index (χ4v) is 5.48. The second kappa shape index (κ2) is 17.2. The number of carbonyl (C=O) groups excluding carboxylic acids is 2. The van der Waals surface area contributed by atoms with Crippen LogP contribution in [-0.2, 0) is 22.4 Å². The largest absolute Gasteiger partial charge is 0.493 e. The van der Waals surface area contributed by atoms with Gasteiger partial charge in [-0.15, -0.1) is 0 Å². The molecule has 5 N–H and O–H groups in total. The third-order valence-electron chi connectivity index (χ3n) is 8.02. The Morgan fingerprint density at radius 1 is 0.688 bits per heavy atom. The van der Waals surface area contributed by atoms with E-state index in [1.54, 1.807) is 12.1 Å². The van der Waals surface area contributed by atoms with Crippen LogP contribution >= 0.6 is 0 Å². The molecule has 4 aromatic rings. The van der Waals surface area contributed by atoms with Crippen LogP contribution in [0.15, 0.2) is 97.1 Å². The van der Waals surface area contributed by atoms with Crippen molar-refractivity contribution in [3.63, 3.8) is 0 Å². The third kappa shape index (κ3) is 9.52. The summed E-state index contributed by atoms with van der Waals surface area (Å²) in [6, 6.07) is 28.7. The summed E-state index contributed by atoms with van der Waals surface area (Å²) >= 11 is 0. The van der Waals surface area contributed by atoms with Gasteiger partial charge in [-0.3, -0.25) is 9.59 Å². The molecule has 0 aliphatic rings. The number of amides is 2. The molecule has 0 aliphatic carbocycles. The van der Waals surface area contributed by atoms with E-state index in [0.29, 0.717) is 22.9 Å². The van der Waals surface area contributed by atoms with Gasteiger partial charge in [0.15, 0.2) is 11.5 Å². The first kappa shape index (κ1) is 35.9. The predicted molar refractivity (Wildman–Crippen MR) is 188 cm³/mol. The molecule has 0 aliphatic heterocycles. The summed E-state index contributed by atoms with van der Waals surface area (Å²) in [4.78, 5) is 27.7. The molecule has 48 heavy (non-hydrogen) atoms. The van der Waals surface area contributed by atoms with Gasteiger partial charge in [-0.1, -0.05) is 86.6 Å². The topological polar surface area (TPSA) is 138 Å². The Hall–Kier alpha value is -5.00. The first-order chi connectivity index (χ1) is 23.1. The van der Waals surface area contributed by atoms with E-state index in [1.807, 2.05) is 98.8 Å². The number of ether oxygens (including phenoxy) is 3. The lowest BCUT2D eigenvalue weighted by Crippen LogP contribution is -2.58. The lowest BCUT2D eigenvalue weighted by molar-refractivity contribution is -0.130. The molecule has 0 unspecified atom stereocenters. The summed E-state index contributed by atoms with van der Waals surface area (Å²) in [6.45, 7) is 3.63. The third-order valence-corrected chi connectivity index (χ3v) is 8.02. The molecule has 11 heteroatoms. The highest BCUT2D eigenvalue weighted by atomic mass is 16.5. The van der Waals surface area contributed by atoms with Crippen LogP contribution in [-0.4, -0.2) is 68.3 Å². The van der Waals surface area contributed by atoms with E-state index in [-0.39, 0.29) is 18.8 Å². The number of methoxy groups -OCH3 is 3. The lowest BCUT2D eigenvalue weighted by atomic mass is 9.75. The molecule has 0 saturated heterocycles. The van der Waals surface area contributed by atoms with Crippen molar-refractivity contribution in [2.75, 3.05) is 26.6 Å². The van der Waals surface area contributed by atoms with Crippen LogP contribution in [0.4, 0.5) is 5.69 Å². The van der Waals surface area contributed by atoms with Gasteiger partial charge in [0, 0.05) is 12.1 Å². The van der Waals surface area contributed by atoms with Crippen LogP contribution in [0.1, 0.15) is 25.0 Å². The second-order valence-electron chi connectivity index (χ2n) is 11.8. The van der Waals surface area contributed by atoms with Gasteiger partial charge in [-0.25, -0.2) is 0 Å². The van der Waals surface area contributed by atoms with Crippen molar-refractivity contribution in [2.24, 2.45) is 5.92 Å². The Labute approximate surface area is 282 Å². The van der Waals surface area contributed by atoms with Crippen LogP contribution in [0.5, 0.6) is 17.2 Å². The molecule has 0 spiro atoms. The van der Waals surface area contributed by atoms with Crippen LogP contribution < -0.4 is 30.2 Å². The maximum atomic E-state index is 14.1.